The molecule has 0 amide bonds. The fourth-order valence-electron chi connectivity index (χ4n) is 7.11. The average molecular weight is 689 g/mol. The van der Waals surface area contributed by atoms with Crippen molar-refractivity contribution >= 4 is 45.4 Å². The smallest absolute Gasteiger partial charge is 0.416 e. The molecule has 0 aliphatic heterocycles. The lowest BCUT2D eigenvalue weighted by atomic mass is 9.82. The minimum Gasteiger partial charge on any atom is -0.496 e. The second-order valence-electron chi connectivity index (χ2n) is 12.4. The standard InChI is InChI=1S/C46H32F3OP/c1-50-41-29-26-31-14-8-10-20-37(31)44(41)40-30-33-15-9-11-21-38(33)43(32-24-27-34(28-25-32)46(47,48)49)45(40)39-22-12-13-23-42(39)51(35-16-4-2-5-17-35)36-18-6-3-7-19-36/h2-30H,1H3. The molecule has 5 heteroatoms. The van der Waals surface area contributed by atoms with E-state index < -0.39 is 19.7 Å². The van der Waals surface area contributed by atoms with E-state index in [1.165, 1.54) is 22.7 Å². The molecule has 0 aliphatic carbocycles. The van der Waals surface area contributed by atoms with Gasteiger partial charge in [-0.3, -0.25) is 0 Å². The van der Waals surface area contributed by atoms with Crippen LogP contribution in [0.5, 0.6) is 5.75 Å². The number of rotatable bonds is 7. The molecule has 0 saturated carbocycles. The first kappa shape index (κ1) is 32.5. The van der Waals surface area contributed by atoms with Crippen LogP contribution in [0.15, 0.2) is 176 Å². The number of alkyl halides is 3. The van der Waals surface area contributed by atoms with Crippen molar-refractivity contribution in [3.05, 3.63) is 181 Å². The first-order valence-corrected chi connectivity index (χ1v) is 18.1. The van der Waals surface area contributed by atoms with Gasteiger partial charge in [0.1, 0.15) is 5.75 Å². The summed E-state index contributed by atoms with van der Waals surface area (Å²) in [5.74, 6) is 0.717. The molecule has 51 heavy (non-hydrogen) atoms. The summed E-state index contributed by atoms with van der Waals surface area (Å²) in [7, 11) is 0.641. The van der Waals surface area contributed by atoms with E-state index in [4.69, 9.17) is 4.74 Å². The predicted octanol–water partition coefficient (Wildman–Crippen LogP) is 11.8. The summed E-state index contributed by atoms with van der Waals surface area (Å²) in [5.41, 5.74) is 4.73. The van der Waals surface area contributed by atoms with E-state index in [-0.39, 0.29) is 0 Å². The van der Waals surface area contributed by atoms with Gasteiger partial charge in [-0.15, -0.1) is 0 Å². The number of halogens is 3. The Bertz CT molecular complexity index is 2450. The monoisotopic (exact) mass is 688 g/mol. The molecule has 0 spiro atoms. The first-order valence-electron chi connectivity index (χ1n) is 16.7. The molecule has 8 aromatic carbocycles. The van der Waals surface area contributed by atoms with Crippen molar-refractivity contribution in [2.45, 2.75) is 6.18 Å². The van der Waals surface area contributed by atoms with Crippen LogP contribution in [0.25, 0.3) is 54.9 Å². The van der Waals surface area contributed by atoms with Crippen LogP contribution in [0.4, 0.5) is 13.2 Å². The van der Waals surface area contributed by atoms with Gasteiger partial charge in [0.25, 0.3) is 0 Å². The molecule has 0 bridgehead atoms. The normalized spacial score (nSPS) is 11.7. The molecule has 0 radical (unpaired) electrons. The number of hydrogen-bond acceptors (Lipinski definition) is 1. The Labute approximate surface area is 296 Å². The van der Waals surface area contributed by atoms with Crippen LogP contribution in [-0.4, -0.2) is 7.11 Å². The molecule has 0 aliphatic rings. The van der Waals surface area contributed by atoms with E-state index in [0.29, 0.717) is 5.56 Å². The van der Waals surface area contributed by atoms with E-state index in [9.17, 15) is 13.2 Å². The highest BCUT2D eigenvalue weighted by Crippen LogP contribution is 2.50. The molecule has 0 atom stereocenters. The predicted molar refractivity (Wildman–Crippen MR) is 208 cm³/mol. The van der Waals surface area contributed by atoms with Gasteiger partial charge in [0.15, 0.2) is 0 Å². The fourth-order valence-corrected chi connectivity index (χ4v) is 9.57. The van der Waals surface area contributed by atoms with Gasteiger partial charge in [0.2, 0.25) is 0 Å². The van der Waals surface area contributed by atoms with E-state index in [2.05, 4.69) is 109 Å². The van der Waals surface area contributed by atoms with Gasteiger partial charge in [-0.1, -0.05) is 152 Å². The van der Waals surface area contributed by atoms with Gasteiger partial charge in [0, 0.05) is 5.56 Å². The number of hydrogen-bond donors (Lipinski definition) is 0. The summed E-state index contributed by atoms with van der Waals surface area (Å²) in [6.07, 6.45) is -4.45. The molecule has 0 aromatic heterocycles. The molecule has 248 valence electrons. The van der Waals surface area contributed by atoms with E-state index in [1.54, 1.807) is 19.2 Å². The number of benzene rings is 8. The van der Waals surface area contributed by atoms with Crippen LogP contribution in [0.2, 0.25) is 0 Å². The number of methoxy groups -OCH3 is 1. The Kier molecular flexibility index (Phi) is 8.63. The van der Waals surface area contributed by atoms with Crippen LogP contribution in [-0.2, 0) is 6.18 Å². The topological polar surface area (TPSA) is 9.23 Å². The third kappa shape index (κ3) is 6.07. The van der Waals surface area contributed by atoms with Gasteiger partial charge in [-0.05, 0) is 97.5 Å². The van der Waals surface area contributed by atoms with Crippen molar-refractivity contribution in [3.8, 4) is 39.1 Å². The Morgan fingerprint density at radius 2 is 1.02 bits per heavy atom. The highest BCUT2D eigenvalue weighted by molar-refractivity contribution is 7.80. The number of fused-ring (bicyclic) bond motifs is 2. The van der Waals surface area contributed by atoms with Gasteiger partial charge >= 0.3 is 6.18 Å². The largest absolute Gasteiger partial charge is 0.496 e. The van der Waals surface area contributed by atoms with Gasteiger partial charge < -0.3 is 4.74 Å². The summed E-state index contributed by atoms with van der Waals surface area (Å²) < 4.78 is 47.8. The molecule has 0 saturated heterocycles. The molecule has 0 fully saturated rings. The number of ether oxygens (including phenoxy) is 1. The maximum absolute atomic E-state index is 13.9. The molecular formula is C46H32F3OP. The highest BCUT2D eigenvalue weighted by atomic mass is 31.1. The highest BCUT2D eigenvalue weighted by Gasteiger charge is 2.31. The summed E-state index contributed by atoms with van der Waals surface area (Å²) in [4.78, 5) is 0. The summed E-state index contributed by atoms with van der Waals surface area (Å²) in [5, 5.41) is 7.57. The molecule has 0 N–H and O–H groups in total. The summed E-state index contributed by atoms with van der Waals surface area (Å²) in [6.45, 7) is 0. The Morgan fingerprint density at radius 1 is 0.471 bits per heavy atom. The molecule has 0 unspecified atom stereocenters. The third-order valence-electron chi connectivity index (χ3n) is 9.37. The fraction of sp³-hybridized carbons (Fsp3) is 0.0435. The van der Waals surface area contributed by atoms with Crippen LogP contribution < -0.4 is 20.7 Å². The van der Waals surface area contributed by atoms with Crippen molar-refractivity contribution in [3.63, 3.8) is 0 Å². The second kappa shape index (κ2) is 13.5. The van der Waals surface area contributed by atoms with Crippen LogP contribution >= 0.6 is 7.92 Å². The minimum atomic E-state index is -4.45. The van der Waals surface area contributed by atoms with E-state index in [0.717, 1.165) is 60.4 Å². The van der Waals surface area contributed by atoms with Gasteiger partial charge in [-0.2, -0.15) is 13.2 Å². The molecule has 1 nitrogen and oxygen atoms in total. The van der Waals surface area contributed by atoms with Crippen LogP contribution in [0, 0.1) is 0 Å². The Hall–Kier alpha value is -5.70. The molecule has 8 rings (SSSR count). The minimum absolute atomic E-state index is 0.680. The molecular weight excluding hydrogens is 656 g/mol. The second-order valence-corrected chi connectivity index (χ2v) is 14.5. The quantitative estimate of drug-likeness (QED) is 0.152. The Balaban J connectivity index is 1.55. The molecule has 0 heterocycles. The average Bonchev–Trinajstić information content (AvgIpc) is 3.17. The van der Waals surface area contributed by atoms with Crippen molar-refractivity contribution < 1.29 is 17.9 Å². The lowest BCUT2D eigenvalue weighted by Crippen LogP contribution is -2.22. The summed E-state index contributed by atoms with van der Waals surface area (Å²) >= 11 is 0. The zero-order chi connectivity index (χ0) is 35.0. The van der Waals surface area contributed by atoms with Gasteiger partial charge in [0.05, 0.1) is 12.7 Å². The zero-order valence-electron chi connectivity index (χ0n) is 27.7. The molecule has 8 aromatic rings. The van der Waals surface area contributed by atoms with Crippen molar-refractivity contribution in [1.82, 2.24) is 0 Å². The lowest BCUT2D eigenvalue weighted by molar-refractivity contribution is -0.137. The van der Waals surface area contributed by atoms with E-state index >= 15 is 0 Å². The lowest BCUT2D eigenvalue weighted by Gasteiger charge is -2.27. The first-order chi connectivity index (χ1) is 24.9. The van der Waals surface area contributed by atoms with Crippen molar-refractivity contribution in [2.75, 3.05) is 7.11 Å². The van der Waals surface area contributed by atoms with Crippen LogP contribution in [0.1, 0.15) is 5.56 Å². The van der Waals surface area contributed by atoms with Gasteiger partial charge in [-0.25, -0.2) is 0 Å². The Morgan fingerprint density at radius 3 is 1.65 bits per heavy atom. The zero-order valence-corrected chi connectivity index (χ0v) is 28.6. The maximum atomic E-state index is 13.9. The maximum Gasteiger partial charge on any atom is 0.416 e. The SMILES string of the molecule is COc1ccc2ccccc2c1-c1cc2ccccc2c(-c2ccc(C(F)(F)F)cc2)c1-c1ccccc1P(c1ccccc1)c1ccccc1. The van der Waals surface area contributed by atoms with E-state index in [1.807, 2.05) is 42.5 Å². The third-order valence-corrected chi connectivity index (χ3v) is 11.9. The van der Waals surface area contributed by atoms with Crippen molar-refractivity contribution in [2.24, 2.45) is 0 Å². The summed E-state index contributed by atoms with van der Waals surface area (Å²) in [6, 6.07) is 57.8. The van der Waals surface area contributed by atoms with Crippen LogP contribution in [0.3, 0.4) is 0 Å². The van der Waals surface area contributed by atoms with Crippen molar-refractivity contribution in [1.29, 1.82) is 0 Å².